The van der Waals surface area contributed by atoms with Crippen LogP contribution in [0, 0.1) is 11.6 Å². The molecule has 1 aliphatic carbocycles. The molecule has 3 nitrogen and oxygen atoms in total. The molecule has 0 unspecified atom stereocenters. The molecule has 1 aromatic carbocycles. The average Bonchev–Trinajstić information content (AvgIpc) is 2.62. The van der Waals surface area contributed by atoms with Crippen molar-refractivity contribution in [3.05, 3.63) is 29.3 Å². The van der Waals surface area contributed by atoms with Gasteiger partial charge in [0.2, 0.25) is 0 Å². The van der Waals surface area contributed by atoms with E-state index in [1.54, 1.807) is 0 Å². The maximum absolute atomic E-state index is 13.2. The zero-order valence-corrected chi connectivity index (χ0v) is 10.7. The second kappa shape index (κ2) is 5.99. The van der Waals surface area contributed by atoms with Gasteiger partial charge in [0, 0.05) is 17.8 Å². The SMILES string of the molecule is Nc1cc(F)c(F)cc1C(=O)NC1CCCCCC1. The molecule has 3 N–H and O–H groups in total. The van der Waals surface area contributed by atoms with Crippen LogP contribution < -0.4 is 11.1 Å². The Morgan fingerprint density at radius 1 is 1.11 bits per heavy atom. The van der Waals surface area contributed by atoms with Crippen LogP contribution in [0.5, 0.6) is 0 Å². The van der Waals surface area contributed by atoms with Gasteiger partial charge >= 0.3 is 0 Å². The van der Waals surface area contributed by atoms with Crippen LogP contribution in [0.15, 0.2) is 12.1 Å². The molecule has 1 fully saturated rings. The fraction of sp³-hybridized carbons (Fsp3) is 0.500. The third-order valence-corrected chi connectivity index (χ3v) is 3.53. The van der Waals surface area contributed by atoms with E-state index in [2.05, 4.69) is 5.32 Å². The number of rotatable bonds is 2. The summed E-state index contributed by atoms with van der Waals surface area (Å²) in [7, 11) is 0. The second-order valence-corrected chi connectivity index (χ2v) is 5.02. The van der Waals surface area contributed by atoms with Gasteiger partial charge in [-0.25, -0.2) is 8.78 Å². The van der Waals surface area contributed by atoms with Gasteiger partial charge in [-0.2, -0.15) is 0 Å². The third-order valence-electron chi connectivity index (χ3n) is 3.53. The monoisotopic (exact) mass is 268 g/mol. The Hall–Kier alpha value is -1.65. The maximum atomic E-state index is 13.2. The van der Waals surface area contributed by atoms with E-state index in [4.69, 9.17) is 5.73 Å². The minimum absolute atomic E-state index is 0.00291. The highest BCUT2D eigenvalue weighted by atomic mass is 19.2. The van der Waals surface area contributed by atoms with E-state index >= 15 is 0 Å². The number of benzene rings is 1. The third kappa shape index (κ3) is 3.43. The number of hydrogen-bond acceptors (Lipinski definition) is 2. The Balaban J connectivity index is 2.08. The zero-order valence-electron chi connectivity index (χ0n) is 10.7. The van der Waals surface area contributed by atoms with Gasteiger partial charge in [0.05, 0.1) is 5.56 Å². The number of nitrogen functional groups attached to an aromatic ring is 1. The minimum atomic E-state index is -1.06. The van der Waals surface area contributed by atoms with Crippen molar-refractivity contribution in [1.82, 2.24) is 5.32 Å². The van der Waals surface area contributed by atoms with Crippen molar-refractivity contribution >= 4 is 11.6 Å². The number of nitrogens with one attached hydrogen (secondary N) is 1. The molecule has 0 aromatic heterocycles. The van der Waals surface area contributed by atoms with Crippen molar-refractivity contribution in [2.75, 3.05) is 5.73 Å². The normalized spacial score (nSPS) is 16.9. The van der Waals surface area contributed by atoms with Crippen LogP contribution in [0.4, 0.5) is 14.5 Å². The zero-order chi connectivity index (χ0) is 13.8. The molecule has 0 atom stereocenters. The van der Waals surface area contributed by atoms with E-state index in [0.717, 1.165) is 37.8 Å². The number of amides is 1. The molecule has 1 aromatic rings. The van der Waals surface area contributed by atoms with E-state index in [1.165, 1.54) is 12.8 Å². The van der Waals surface area contributed by atoms with E-state index < -0.39 is 17.5 Å². The molecule has 0 aliphatic heterocycles. The highest BCUT2D eigenvalue weighted by molar-refractivity contribution is 5.99. The van der Waals surface area contributed by atoms with Crippen molar-refractivity contribution in [2.45, 2.75) is 44.6 Å². The number of nitrogens with two attached hydrogens (primary N) is 1. The molecule has 0 radical (unpaired) electrons. The average molecular weight is 268 g/mol. The van der Waals surface area contributed by atoms with Crippen LogP contribution in [0.1, 0.15) is 48.9 Å². The number of anilines is 1. The standard InChI is InChI=1S/C14H18F2N2O/c15-11-7-10(13(17)8-12(11)16)14(19)18-9-5-3-1-2-4-6-9/h7-9H,1-6,17H2,(H,18,19). The first-order valence-electron chi connectivity index (χ1n) is 6.63. The molecule has 0 spiro atoms. The van der Waals surface area contributed by atoms with Crippen molar-refractivity contribution in [1.29, 1.82) is 0 Å². The van der Waals surface area contributed by atoms with Crippen LogP contribution in [-0.2, 0) is 0 Å². The molecular weight excluding hydrogens is 250 g/mol. The first-order chi connectivity index (χ1) is 9.08. The molecule has 0 saturated heterocycles. The summed E-state index contributed by atoms with van der Waals surface area (Å²) in [6.07, 6.45) is 6.38. The van der Waals surface area contributed by atoms with Gasteiger partial charge in [-0.1, -0.05) is 25.7 Å². The summed E-state index contributed by atoms with van der Waals surface area (Å²) in [6.45, 7) is 0. The highest BCUT2D eigenvalue weighted by Crippen LogP contribution is 2.20. The van der Waals surface area contributed by atoms with Crippen molar-refractivity contribution < 1.29 is 13.6 Å². The minimum Gasteiger partial charge on any atom is -0.398 e. The van der Waals surface area contributed by atoms with Crippen LogP contribution in [0.25, 0.3) is 0 Å². The summed E-state index contributed by atoms with van der Waals surface area (Å²) in [5.41, 5.74) is 5.53. The van der Waals surface area contributed by atoms with Crippen LogP contribution >= 0.6 is 0 Å². The van der Waals surface area contributed by atoms with Gasteiger partial charge in [0.25, 0.3) is 5.91 Å². The summed E-state index contributed by atoms with van der Waals surface area (Å²) < 4.78 is 26.1. The Bertz CT molecular complexity index is 469. The molecule has 104 valence electrons. The number of carbonyl (C=O) groups is 1. The molecule has 1 amide bonds. The predicted octanol–water partition coefficient (Wildman–Crippen LogP) is 3.00. The lowest BCUT2D eigenvalue weighted by molar-refractivity contribution is 0.0933. The van der Waals surface area contributed by atoms with Gasteiger partial charge in [-0.05, 0) is 18.9 Å². The van der Waals surface area contributed by atoms with Gasteiger partial charge in [0.1, 0.15) is 0 Å². The van der Waals surface area contributed by atoms with Gasteiger partial charge in [-0.15, -0.1) is 0 Å². The summed E-state index contributed by atoms with van der Waals surface area (Å²) in [4.78, 5) is 12.0. The number of halogens is 2. The summed E-state index contributed by atoms with van der Waals surface area (Å²) in [6, 6.07) is 1.80. The largest absolute Gasteiger partial charge is 0.398 e. The molecule has 0 bridgehead atoms. The fourth-order valence-corrected chi connectivity index (χ4v) is 2.45. The van der Waals surface area contributed by atoms with Crippen LogP contribution in [-0.4, -0.2) is 11.9 Å². The molecule has 5 heteroatoms. The van der Waals surface area contributed by atoms with Crippen LogP contribution in [0.2, 0.25) is 0 Å². The van der Waals surface area contributed by atoms with Gasteiger partial charge in [0.15, 0.2) is 11.6 Å². The first kappa shape index (κ1) is 13.8. The van der Waals surface area contributed by atoms with Gasteiger partial charge in [-0.3, -0.25) is 4.79 Å². The van der Waals surface area contributed by atoms with Crippen molar-refractivity contribution in [3.63, 3.8) is 0 Å². The van der Waals surface area contributed by atoms with Crippen molar-refractivity contribution in [2.24, 2.45) is 0 Å². The van der Waals surface area contributed by atoms with Crippen LogP contribution in [0.3, 0.4) is 0 Å². The van der Waals surface area contributed by atoms with E-state index in [0.29, 0.717) is 0 Å². The second-order valence-electron chi connectivity index (χ2n) is 5.02. The summed E-state index contributed by atoms with van der Waals surface area (Å²) >= 11 is 0. The fourth-order valence-electron chi connectivity index (χ4n) is 2.45. The Morgan fingerprint density at radius 3 is 2.32 bits per heavy atom. The highest BCUT2D eigenvalue weighted by Gasteiger charge is 2.19. The summed E-state index contributed by atoms with van der Waals surface area (Å²) in [5.74, 6) is -2.52. The first-order valence-corrected chi connectivity index (χ1v) is 6.63. The lowest BCUT2D eigenvalue weighted by Gasteiger charge is -2.17. The predicted molar refractivity (Wildman–Crippen MR) is 69.7 cm³/mol. The van der Waals surface area contributed by atoms with Gasteiger partial charge < -0.3 is 11.1 Å². The maximum Gasteiger partial charge on any atom is 0.253 e. The van der Waals surface area contributed by atoms with Crippen molar-refractivity contribution in [3.8, 4) is 0 Å². The quantitative estimate of drug-likeness (QED) is 0.640. The lowest BCUT2D eigenvalue weighted by atomic mass is 10.1. The molecule has 0 heterocycles. The van der Waals surface area contributed by atoms with E-state index in [-0.39, 0.29) is 17.3 Å². The molecule has 1 saturated carbocycles. The lowest BCUT2D eigenvalue weighted by Crippen LogP contribution is -2.34. The molecule has 19 heavy (non-hydrogen) atoms. The summed E-state index contributed by atoms with van der Waals surface area (Å²) in [5, 5.41) is 2.85. The Morgan fingerprint density at radius 2 is 1.68 bits per heavy atom. The molecule has 2 rings (SSSR count). The Kier molecular flexibility index (Phi) is 4.35. The smallest absolute Gasteiger partial charge is 0.253 e. The van der Waals surface area contributed by atoms with E-state index in [9.17, 15) is 13.6 Å². The molecule has 1 aliphatic rings. The number of hydrogen-bond donors (Lipinski definition) is 2. The van der Waals surface area contributed by atoms with E-state index in [1.807, 2.05) is 0 Å². The number of carbonyl (C=O) groups excluding carboxylic acids is 1. The topological polar surface area (TPSA) is 55.1 Å². The Labute approximate surface area is 111 Å². The molecular formula is C14H18F2N2O.